The number of ether oxygens (including phenoxy) is 1. The zero-order chi connectivity index (χ0) is 23.9. The predicted octanol–water partition coefficient (Wildman–Crippen LogP) is 9.16. The van der Waals surface area contributed by atoms with E-state index in [1.165, 1.54) is 77.0 Å². The van der Waals surface area contributed by atoms with Crippen molar-refractivity contribution in [2.75, 3.05) is 7.11 Å². The van der Waals surface area contributed by atoms with Crippen LogP contribution in [0.15, 0.2) is 17.1 Å². The van der Waals surface area contributed by atoms with Crippen LogP contribution < -0.4 is 4.74 Å². The maximum absolute atomic E-state index is 11.2. The van der Waals surface area contributed by atoms with Gasteiger partial charge in [0.25, 0.3) is 0 Å². The van der Waals surface area contributed by atoms with Gasteiger partial charge >= 0.3 is 37.9 Å². The van der Waals surface area contributed by atoms with Crippen molar-refractivity contribution in [1.82, 2.24) is 0 Å². The van der Waals surface area contributed by atoms with E-state index in [4.69, 9.17) is 26.8 Å². The predicted molar refractivity (Wildman–Crippen MR) is 139 cm³/mol. The van der Waals surface area contributed by atoms with Crippen LogP contribution in [0.2, 0.25) is 0 Å². The molecule has 6 heteroatoms. The summed E-state index contributed by atoms with van der Waals surface area (Å²) in [6, 6.07) is 4.41. The molecule has 2 fully saturated rings. The molecule has 0 aliphatic heterocycles. The van der Waals surface area contributed by atoms with Crippen molar-refractivity contribution >= 4 is 23.2 Å². The Hall–Kier alpha value is -0.0469. The average Bonchev–Trinajstić information content (AvgIpc) is 2.80. The molecule has 0 saturated heterocycles. The second-order valence-electron chi connectivity index (χ2n) is 9.79. The number of rotatable bonds is 4. The van der Waals surface area contributed by atoms with Crippen LogP contribution in [0.5, 0.6) is 11.5 Å². The van der Waals surface area contributed by atoms with E-state index in [9.17, 15) is 5.11 Å². The Morgan fingerprint density at radius 2 is 1.39 bits per heavy atom. The van der Waals surface area contributed by atoms with Crippen LogP contribution in [-0.2, 0) is 20.8 Å². The Balaban J connectivity index is 0.00000122. The van der Waals surface area contributed by atoms with Crippen LogP contribution in [0.3, 0.4) is 0 Å². The second-order valence-corrected chi connectivity index (χ2v) is 13.5. The third-order valence-electron chi connectivity index (χ3n) is 7.39. The molecule has 186 valence electrons. The van der Waals surface area contributed by atoms with Crippen LogP contribution in [0.4, 0.5) is 0 Å². The topological polar surface area (TPSA) is 41.8 Å². The summed E-state index contributed by atoms with van der Waals surface area (Å²) < 4.78 is 5.62. The van der Waals surface area contributed by atoms with Crippen molar-refractivity contribution in [3.63, 3.8) is 0 Å². The molecule has 0 spiro atoms. The minimum absolute atomic E-state index is 0.383. The first-order valence-corrected chi connectivity index (χ1v) is 19.3. The molecule has 2 saturated carbocycles. The van der Waals surface area contributed by atoms with E-state index >= 15 is 0 Å². The number of nitrogens with zero attached hydrogens (tertiary/aromatic N) is 1. The van der Waals surface area contributed by atoms with E-state index in [2.05, 4.69) is 13.0 Å². The van der Waals surface area contributed by atoms with Gasteiger partial charge in [0, 0.05) is 17.3 Å². The number of phenolic OH excluding ortho intramolecular Hbond substituents is 1. The SMILES string of the molecule is COc1cc(C=NC2CCCCC2C)c(O)c(C2CCCCCCCCCCC2)c1.[Cl][Zr][Cl]. The summed E-state index contributed by atoms with van der Waals surface area (Å²) in [7, 11) is 11.6. The molecule has 0 aromatic heterocycles. The molecule has 2 unspecified atom stereocenters. The molecule has 1 N–H and O–H groups in total. The Labute approximate surface area is 220 Å². The normalized spacial score (nSPS) is 23.6. The number of hydrogen-bond acceptors (Lipinski definition) is 3. The fraction of sp³-hybridized carbons (Fsp3) is 0.741. The summed E-state index contributed by atoms with van der Waals surface area (Å²) >= 11 is -0.826. The molecule has 3 rings (SSSR count). The van der Waals surface area contributed by atoms with Gasteiger partial charge in [-0.1, -0.05) is 77.6 Å². The minimum atomic E-state index is -0.826. The molecule has 1 aromatic carbocycles. The summed E-state index contributed by atoms with van der Waals surface area (Å²) in [4.78, 5) is 4.90. The molecule has 0 radical (unpaired) electrons. The van der Waals surface area contributed by atoms with Gasteiger partial charge in [0.05, 0.1) is 13.2 Å². The Morgan fingerprint density at radius 1 is 0.879 bits per heavy atom. The van der Waals surface area contributed by atoms with Gasteiger partial charge in [0.1, 0.15) is 11.5 Å². The van der Waals surface area contributed by atoms with E-state index in [1.807, 2.05) is 12.3 Å². The summed E-state index contributed by atoms with van der Waals surface area (Å²) in [6.07, 6.45) is 21.3. The zero-order valence-corrected chi connectivity index (χ0v) is 24.6. The Kier molecular flexibility index (Phi) is 15.4. The fourth-order valence-electron chi connectivity index (χ4n) is 5.35. The number of halogens is 2. The summed E-state index contributed by atoms with van der Waals surface area (Å²) in [5.74, 6) is 2.32. The van der Waals surface area contributed by atoms with E-state index in [-0.39, 0.29) is 0 Å². The van der Waals surface area contributed by atoms with Crippen molar-refractivity contribution < 1.29 is 30.7 Å². The van der Waals surface area contributed by atoms with Crippen molar-refractivity contribution in [2.45, 2.75) is 115 Å². The Morgan fingerprint density at radius 3 is 1.94 bits per heavy atom. The number of aliphatic imine (C=N–C) groups is 1. The molecule has 2 aliphatic rings. The Bertz CT molecular complexity index is 689. The second kappa shape index (κ2) is 17.4. The summed E-state index contributed by atoms with van der Waals surface area (Å²) in [5.41, 5.74) is 1.90. The van der Waals surface area contributed by atoms with Gasteiger partial charge in [0.15, 0.2) is 0 Å². The fourth-order valence-corrected chi connectivity index (χ4v) is 5.35. The van der Waals surface area contributed by atoms with E-state index in [0.717, 1.165) is 36.1 Å². The van der Waals surface area contributed by atoms with Crippen molar-refractivity contribution in [3.8, 4) is 11.5 Å². The molecular weight excluding hydrogens is 532 g/mol. The molecular formula is C27H43Cl2NO2Zr. The standard InChI is InChI=1S/C27H43NO2.2ClH.Zr/c1-21-14-12-13-17-26(21)28-20-23-18-24(30-2)19-25(27(23)29)22-15-10-8-6-4-3-5-7-9-11-16-22;;;/h18-22,26,29H,3-17H2,1-2H3;2*1H;/q;;;+2/p-2. The maximum atomic E-state index is 11.2. The van der Waals surface area contributed by atoms with Gasteiger partial charge in [-0.3, -0.25) is 4.99 Å². The van der Waals surface area contributed by atoms with Gasteiger partial charge in [0.2, 0.25) is 0 Å². The number of aromatic hydroxyl groups is 1. The molecule has 0 heterocycles. The third kappa shape index (κ3) is 10.6. The van der Waals surface area contributed by atoms with Crippen LogP contribution in [0.25, 0.3) is 0 Å². The molecule has 0 amide bonds. The van der Waals surface area contributed by atoms with E-state index in [0.29, 0.717) is 23.6 Å². The molecule has 2 aliphatic carbocycles. The van der Waals surface area contributed by atoms with Gasteiger partial charge < -0.3 is 9.84 Å². The van der Waals surface area contributed by atoms with Crippen molar-refractivity contribution in [2.24, 2.45) is 10.9 Å². The first-order chi connectivity index (χ1) is 16.1. The quantitative estimate of drug-likeness (QED) is 0.364. The number of hydrogen-bond donors (Lipinski definition) is 1. The molecule has 33 heavy (non-hydrogen) atoms. The van der Waals surface area contributed by atoms with Gasteiger partial charge in [-0.05, 0) is 49.7 Å². The first kappa shape index (κ1) is 29.2. The molecule has 2 atom stereocenters. The number of benzene rings is 1. The number of phenols is 1. The van der Waals surface area contributed by atoms with Crippen molar-refractivity contribution in [3.05, 3.63) is 23.3 Å². The molecule has 1 aromatic rings. The van der Waals surface area contributed by atoms with Crippen molar-refractivity contribution in [1.29, 1.82) is 0 Å². The van der Waals surface area contributed by atoms with E-state index < -0.39 is 20.8 Å². The summed E-state index contributed by atoms with van der Waals surface area (Å²) in [6.45, 7) is 2.31. The average molecular weight is 576 g/mol. The van der Waals surface area contributed by atoms with Crippen LogP contribution in [-0.4, -0.2) is 24.5 Å². The van der Waals surface area contributed by atoms with Crippen LogP contribution >= 0.6 is 17.0 Å². The van der Waals surface area contributed by atoms with Crippen LogP contribution in [0.1, 0.15) is 120 Å². The van der Waals surface area contributed by atoms with E-state index in [1.54, 1.807) is 7.11 Å². The van der Waals surface area contributed by atoms with Gasteiger partial charge in [-0.2, -0.15) is 0 Å². The summed E-state index contributed by atoms with van der Waals surface area (Å²) in [5, 5.41) is 11.2. The monoisotopic (exact) mass is 573 g/mol. The van der Waals surface area contributed by atoms with Gasteiger partial charge in [-0.15, -0.1) is 0 Å². The van der Waals surface area contributed by atoms with Gasteiger partial charge in [-0.25, -0.2) is 0 Å². The molecule has 3 nitrogen and oxygen atoms in total. The first-order valence-electron chi connectivity index (χ1n) is 13.0. The van der Waals surface area contributed by atoms with Crippen LogP contribution in [0, 0.1) is 5.92 Å². The zero-order valence-electron chi connectivity index (χ0n) is 20.6. The number of methoxy groups -OCH3 is 1. The third-order valence-corrected chi connectivity index (χ3v) is 7.39. The molecule has 0 bridgehead atoms.